The number of anilines is 1. The van der Waals surface area contributed by atoms with Crippen LogP contribution >= 0.6 is 11.3 Å². The van der Waals surface area contributed by atoms with Crippen LogP contribution in [0, 0.1) is 6.92 Å². The number of hydrogen-bond acceptors (Lipinski definition) is 6. The zero-order valence-corrected chi connectivity index (χ0v) is 13.1. The lowest BCUT2D eigenvalue weighted by Gasteiger charge is -2.03. The van der Waals surface area contributed by atoms with Gasteiger partial charge in [-0.2, -0.15) is 0 Å². The third-order valence-corrected chi connectivity index (χ3v) is 5.33. The average Bonchev–Trinajstić information content (AvgIpc) is 2.88. The molecule has 1 amide bonds. The summed E-state index contributed by atoms with van der Waals surface area (Å²) in [4.78, 5) is 12.1. The molecule has 0 atom stereocenters. The fourth-order valence-corrected chi connectivity index (χ4v) is 3.59. The van der Waals surface area contributed by atoms with E-state index in [1.807, 2.05) is 19.1 Å². The minimum absolute atomic E-state index is 0.139. The normalized spacial score (nSPS) is 11.3. The van der Waals surface area contributed by atoms with Crippen LogP contribution in [0.5, 0.6) is 0 Å². The van der Waals surface area contributed by atoms with Crippen LogP contribution in [0.15, 0.2) is 28.6 Å². The molecule has 9 heteroatoms. The molecule has 1 aromatic heterocycles. The van der Waals surface area contributed by atoms with Crippen molar-refractivity contribution in [3.63, 3.8) is 0 Å². The number of nitrogens with one attached hydrogen (secondary N) is 2. The first-order chi connectivity index (χ1) is 9.94. The van der Waals surface area contributed by atoms with Gasteiger partial charge in [-0.25, -0.2) is 13.1 Å². The summed E-state index contributed by atoms with van der Waals surface area (Å²) < 4.78 is 25.6. The highest BCUT2D eigenvalue weighted by Crippen LogP contribution is 2.20. The van der Waals surface area contributed by atoms with Gasteiger partial charge in [0.15, 0.2) is 0 Å². The minimum Gasteiger partial charge on any atom is -0.296 e. The summed E-state index contributed by atoms with van der Waals surface area (Å²) in [6.07, 6.45) is 0. The fraction of sp³-hybridized carbons (Fsp3) is 0.250. The van der Waals surface area contributed by atoms with Crippen molar-refractivity contribution in [2.75, 3.05) is 11.9 Å². The van der Waals surface area contributed by atoms with Crippen LogP contribution in [-0.4, -0.2) is 31.1 Å². The van der Waals surface area contributed by atoms with Crippen LogP contribution < -0.4 is 10.0 Å². The second kappa shape index (κ2) is 6.29. The quantitative estimate of drug-likeness (QED) is 0.809. The molecular weight excluding hydrogens is 312 g/mol. The molecule has 0 bridgehead atoms. The van der Waals surface area contributed by atoms with Gasteiger partial charge >= 0.3 is 0 Å². The van der Waals surface area contributed by atoms with E-state index in [0.717, 1.165) is 16.9 Å². The number of hydrogen-bond donors (Lipinski definition) is 2. The van der Waals surface area contributed by atoms with Gasteiger partial charge in [-0.1, -0.05) is 36.5 Å². The average molecular weight is 326 g/mol. The highest BCUT2D eigenvalue weighted by molar-refractivity contribution is 7.91. The molecule has 0 aliphatic heterocycles. The molecule has 0 radical (unpaired) electrons. The van der Waals surface area contributed by atoms with E-state index >= 15 is 0 Å². The van der Waals surface area contributed by atoms with Crippen LogP contribution in [0.1, 0.15) is 22.8 Å². The van der Waals surface area contributed by atoms with E-state index in [4.69, 9.17) is 0 Å². The molecule has 0 spiro atoms. The Hall–Kier alpha value is -1.84. The number of sulfonamides is 1. The third kappa shape index (κ3) is 3.63. The number of rotatable bonds is 5. The summed E-state index contributed by atoms with van der Waals surface area (Å²) >= 11 is 0.804. The van der Waals surface area contributed by atoms with E-state index in [9.17, 15) is 13.2 Å². The Balaban J connectivity index is 2.17. The number of amides is 1. The van der Waals surface area contributed by atoms with Crippen LogP contribution in [0.2, 0.25) is 0 Å². The second-order valence-corrected chi connectivity index (χ2v) is 7.06. The fourth-order valence-electron chi connectivity index (χ4n) is 1.61. The summed E-state index contributed by atoms with van der Waals surface area (Å²) in [6.45, 7) is 3.74. The molecule has 0 aliphatic rings. The van der Waals surface area contributed by atoms with Crippen molar-refractivity contribution in [2.24, 2.45) is 0 Å². The van der Waals surface area contributed by atoms with Gasteiger partial charge in [-0.3, -0.25) is 10.1 Å². The van der Waals surface area contributed by atoms with Crippen molar-refractivity contribution in [1.82, 2.24) is 14.9 Å². The molecular formula is C12H14N4O3S2. The molecule has 1 aromatic carbocycles. The maximum absolute atomic E-state index is 12.1. The van der Waals surface area contributed by atoms with Crippen molar-refractivity contribution < 1.29 is 13.2 Å². The number of nitrogens with zero attached hydrogens (tertiary/aromatic N) is 2. The standard InChI is InChI=1S/C12H14N4O3S2/c1-3-13-21(18,19)12-16-15-11(20-12)14-10(17)9-7-5-4-6-8(9)2/h4-7,13H,3H2,1-2H3,(H,14,15,17). The van der Waals surface area contributed by atoms with Crippen LogP contribution in [-0.2, 0) is 10.0 Å². The van der Waals surface area contributed by atoms with Crippen molar-refractivity contribution in [3.8, 4) is 0 Å². The molecule has 0 unspecified atom stereocenters. The zero-order valence-electron chi connectivity index (χ0n) is 11.5. The van der Waals surface area contributed by atoms with Crippen molar-refractivity contribution in [3.05, 3.63) is 35.4 Å². The van der Waals surface area contributed by atoms with Crippen molar-refractivity contribution >= 4 is 32.4 Å². The smallest absolute Gasteiger partial charge is 0.269 e. The lowest BCUT2D eigenvalue weighted by molar-refractivity contribution is 0.102. The van der Waals surface area contributed by atoms with Gasteiger partial charge in [0.1, 0.15) is 0 Å². The second-order valence-electron chi connectivity index (χ2n) is 4.14. The number of benzene rings is 1. The Morgan fingerprint density at radius 1 is 1.29 bits per heavy atom. The number of carbonyl (C=O) groups is 1. The van der Waals surface area contributed by atoms with E-state index in [1.165, 1.54) is 0 Å². The van der Waals surface area contributed by atoms with Gasteiger partial charge in [0.25, 0.3) is 15.9 Å². The third-order valence-electron chi connectivity index (χ3n) is 2.58. The Bertz CT molecular complexity index is 755. The van der Waals surface area contributed by atoms with E-state index in [2.05, 4.69) is 20.2 Å². The molecule has 112 valence electrons. The predicted octanol–water partition coefficient (Wildman–Crippen LogP) is 1.40. The lowest BCUT2D eigenvalue weighted by atomic mass is 10.1. The van der Waals surface area contributed by atoms with Crippen molar-refractivity contribution in [2.45, 2.75) is 18.2 Å². The zero-order chi connectivity index (χ0) is 15.5. The molecule has 2 rings (SSSR count). The Morgan fingerprint density at radius 3 is 2.67 bits per heavy atom. The van der Waals surface area contributed by atoms with Gasteiger partial charge in [0.05, 0.1) is 0 Å². The van der Waals surface area contributed by atoms with Crippen LogP contribution in [0.4, 0.5) is 5.13 Å². The molecule has 21 heavy (non-hydrogen) atoms. The monoisotopic (exact) mass is 326 g/mol. The highest BCUT2D eigenvalue weighted by atomic mass is 32.2. The summed E-state index contributed by atoms with van der Waals surface area (Å²) in [6, 6.07) is 7.08. The summed E-state index contributed by atoms with van der Waals surface area (Å²) in [5, 5.41) is 9.94. The predicted molar refractivity (Wildman–Crippen MR) is 79.9 cm³/mol. The topological polar surface area (TPSA) is 101 Å². The van der Waals surface area contributed by atoms with Crippen molar-refractivity contribution in [1.29, 1.82) is 0 Å². The first kappa shape index (κ1) is 15.5. The Kier molecular flexibility index (Phi) is 4.66. The molecule has 0 aliphatic carbocycles. The van der Waals surface area contributed by atoms with Gasteiger partial charge in [-0.15, -0.1) is 10.2 Å². The first-order valence-corrected chi connectivity index (χ1v) is 8.44. The largest absolute Gasteiger partial charge is 0.296 e. The highest BCUT2D eigenvalue weighted by Gasteiger charge is 2.20. The van der Waals surface area contributed by atoms with E-state index in [-0.39, 0.29) is 21.9 Å². The molecule has 2 aromatic rings. The van der Waals surface area contributed by atoms with Gasteiger partial charge in [-0.05, 0) is 18.6 Å². The van der Waals surface area contributed by atoms with Gasteiger partial charge < -0.3 is 0 Å². The van der Waals surface area contributed by atoms with Crippen LogP contribution in [0.3, 0.4) is 0 Å². The Labute approximate surface area is 126 Å². The molecule has 0 saturated carbocycles. The van der Waals surface area contributed by atoms with E-state index in [1.54, 1.807) is 19.1 Å². The van der Waals surface area contributed by atoms with Gasteiger partial charge in [0, 0.05) is 12.1 Å². The summed E-state index contributed by atoms with van der Waals surface area (Å²) in [5.74, 6) is -0.350. The van der Waals surface area contributed by atoms with E-state index < -0.39 is 10.0 Å². The van der Waals surface area contributed by atoms with E-state index in [0.29, 0.717) is 5.56 Å². The molecule has 2 N–H and O–H groups in total. The molecule has 0 fully saturated rings. The Morgan fingerprint density at radius 2 is 2.00 bits per heavy atom. The number of aryl methyl sites for hydroxylation is 1. The number of aromatic nitrogens is 2. The maximum atomic E-state index is 12.1. The van der Waals surface area contributed by atoms with Gasteiger partial charge in [0.2, 0.25) is 9.47 Å². The summed E-state index contributed by atoms with van der Waals surface area (Å²) in [5.41, 5.74) is 1.32. The lowest BCUT2D eigenvalue weighted by Crippen LogP contribution is -2.22. The minimum atomic E-state index is -3.65. The van der Waals surface area contributed by atoms with Crippen LogP contribution in [0.25, 0.3) is 0 Å². The molecule has 1 heterocycles. The maximum Gasteiger partial charge on any atom is 0.269 e. The molecule has 7 nitrogen and oxygen atoms in total. The SMILES string of the molecule is CCNS(=O)(=O)c1nnc(NC(=O)c2ccccc2C)s1. The summed E-state index contributed by atoms with van der Waals surface area (Å²) in [7, 11) is -3.65. The first-order valence-electron chi connectivity index (χ1n) is 6.14. The number of carbonyl (C=O) groups excluding carboxylic acids is 1. The molecule has 0 saturated heterocycles.